The van der Waals surface area contributed by atoms with Crippen LogP contribution in [0.1, 0.15) is 48.9 Å². The third-order valence-electron chi connectivity index (χ3n) is 7.76. The second kappa shape index (κ2) is 10.9. The lowest BCUT2D eigenvalue weighted by atomic mass is 9.92. The normalized spacial score (nSPS) is 18.5. The summed E-state index contributed by atoms with van der Waals surface area (Å²) in [6, 6.07) is 10.3. The van der Waals surface area contributed by atoms with Crippen LogP contribution in [0.5, 0.6) is 5.88 Å². The summed E-state index contributed by atoms with van der Waals surface area (Å²) >= 11 is 0. The van der Waals surface area contributed by atoms with Gasteiger partial charge in [-0.1, -0.05) is 23.4 Å². The first-order valence-corrected chi connectivity index (χ1v) is 13.6. The number of aryl methyl sites for hydroxylation is 2. The van der Waals surface area contributed by atoms with Gasteiger partial charge in [0.2, 0.25) is 5.88 Å². The first kappa shape index (κ1) is 27.0. The highest BCUT2D eigenvalue weighted by molar-refractivity contribution is 6.06. The van der Waals surface area contributed by atoms with E-state index < -0.39 is 0 Å². The second-order valence-electron chi connectivity index (χ2n) is 11.1. The Balaban J connectivity index is 1.75. The lowest BCUT2D eigenvalue weighted by molar-refractivity contribution is 0.173. The number of aromatic nitrogens is 4. The number of pyridine rings is 1. The van der Waals surface area contributed by atoms with Crippen LogP contribution in [0.25, 0.3) is 33.1 Å². The van der Waals surface area contributed by atoms with E-state index in [4.69, 9.17) is 9.72 Å². The average molecular weight is 530 g/mol. The summed E-state index contributed by atoms with van der Waals surface area (Å²) in [6.45, 7) is 9.41. The number of fused-ring (bicyclic) bond motifs is 3. The Morgan fingerprint density at radius 2 is 2.03 bits per heavy atom. The van der Waals surface area contributed by atoms with Crippen molar-refractivity contribution in [1.29, 1.82) is 5.26 Å². The number of piperidine rings is 1. The van der Waals surface area contributed by atoms with E-state index in [-0.39, 0.29) is 35.4 Å². The minimum Gasteiger partial charge on any atom is -0.472 e. The summed E-state index contributed by atoms with van der Waals surface area (Å²) in [4.78, 5) is 6.78. The molecule has 1 fully saturated rings. The highest BCUT2D eigenvalue weighted by atomic mass is 19.1. The van der Waals surface area contributed by atoms with Gasteiger partial charge in [0.05, 0.1) is 18.5 Å². The predicted molar refractivity (Wildman–Crippen MR) is 151 cm³/mol. The van der Waals surface area contributed by atoms with Crippen LogP contribution in [-0.2, 0) is 0 Å². The first-order chi connectivity index (χ1) is 18.7. The largest absolute Gasteiger partial charge is 0.472 e. The molecule has 4 aromatic rings. The molecule has 39 heavy (non-hydrogen) atoms. The van der Waals surface area contributed by atoms with Gasteiger partial charge < -0.3 is 15.0 Å². The fourth-order valence-corrected chi connectivity index (χ4v) is 5.80. The van der Waals surface area contributed by atoms with Crippen LogP contribution in [0.4, 0.5) is 4.39 Å². The molecule has 2 aromatic carbocycles. The van der Waals surface area contributed by atoms with E-state index in [9.17, 15) is 5.26 Å². The fourth-order valence-electron chi connectivity index (χ4n) is 5.80. The van der Waals surface area contributed by atoms with E-state index in [0.29, 0.717) is 29.4 Å². The Labute approximate surface area is 228 Å². The second-order valence-corrected chi connectivity index (χ2v) is 11.1. The van der Waals surface area contributed by atoms with Crippen LogP contribution in [0, 0.1) is 37.9 Å². The summed E-state index contributed by atoms with van der Waals surface area (Å²) in [5.41, 5.74) is 5.90. The van der Waals surface area contributed by atoms with Crippen LogP contribution in [0.2, 0.25) is 0 Å². The molecule has 0 radical (unpaired) electrons. The van der Waals surface area contributed by atoms with E-state index >= 15 is 4.39 Å². The van der Waals surface area contributed by atoms with E-state index in [1.165, 1.54) is 0 Å². The molecule has 5 rings (SSSR count). The highest BCUT2D eigenvalue weighted by Gasteiger charge is 2.29. The molecule has 3 heterocycles. The van der Waals surface area contributed by atoms with E-state index in [2.05, 4.69) is 21.7 Å². The number of halogens is 1. The lowest BCUT2D eigenvalue weighted by Crippen LogP contribution is -2.38. The number of ether oxygens (including phenoxy) is 1. The summed E-state index contributed by atoms with van der Waals surface area (Å²) < 4.78 is 24.8. The maximum Gasteiger partial charge on any atom is 0.245 e. The molecular weight excluding hydrogens is 493 g/mol. The molecule has 1 saturated heterocycles. The average Bonchev–Trinajstić information content (AvgIpc) is 3.33. The molecular formula is C30H36FN7O. The maximum absolute atomic E-state index is 16.6. The first-order valence-electron chi connectivity index (χ1n) is 13.6. The zero-order chi connectivity index (χ0) is 27.8. The quantitative estimate of drug-likeness (QED) is 0.350. The SMILES string of the molecule is Cc1cccc(-c2c(C)cc3c(nc(O[C@@H](C)CN(C)C)c4nnn([C@H]5CCN[C@H](CC#N)C5)c43)c2F)c1C. The van der Waals surface area contributed by atoms with Crippen molar-refractivity contribution >= 4 is 21.9 Å². The van der Waals surface area contributed by atoms with Gasteiger partial charge in [0.25, 0.3) is 0 Å². The zero-order valence-corrected chi connectivity index (χ0v) is 23.5. The van der Waals surface area contributed by atoms with Gasteiger partial charge in [-0.25, -0.2) is 14.1 Å². The molecule has 0 unspecified atom stereocenters. The Bertz CT molecular complexity index is 1570. The van der Waals surface area contributed by atoms with Crippen molar-refractivity contribution in [3.05, 3.63) is 46.8 Å². The summed E-state index contributed by atoms with van der Waals surface area (Å²) in [7, 11) is 3.96. The van der Waals surface area contributed by atoms with Crippen LogP contribution >= 0.6 is 0 Å². The summed E-state index contributed by atoms with van der Waals surface area (Å²) in [5.74, 6) is -0.0820. The number of nitrogens with zero attached hydrogens (tertiary/aromatic N) is 6. The minimum atomic E-state index is -0.369. The summed E-state index contributed by atoms with van der Waals surface area (Å²) in [5, 5.41) is 22.4. The van der Waals surface area contributed by atoms with Crippen LogP contribution in [0.15, 0.2) is 24.3 Å². The lowest BCUT2D eigenvalue weighted by Gasteiger charge is -2.29. The van der Waals surface area contributed by atoms with Crippen molar-refractivity contribution in [3.8, 4) is 23.1 Å². The maximum atomic E-state index is 16.6. The van der Waals surface area contributed by atoms with Gasteiger partial charge >= 0.3 is 0 Å². The number of nitriles is 1. The summed E-state index contributed by atoms with van der Waals surface area (Å²) in [6.07, 6.45) is 1.81. The van der Waals surface area contributed by atoms with Crippen LogP contribution in [-0.4, -0.2) is 64.2 Å². The monoisotopic (exact) mass is 529 g/mol. The van der Waals surface area contributed by atoms with Crippen molar-refractivity contribution in [2.24, 2.45) is 0 Å². The van der Waals surface area contributed by atoms with E-state index in [1.54, 1.807) is 0 Å². The molecule has 0 bridgehead atoms. The fraction of sp³-hybridized carbons (Fsp3) is 0.467. The van der Waals surface area contributed by atoms with Gasteiger partial charge in [-0.05, 0) is 89.5 Å². The van der Waals surface area contributed by atoms with Gasteiger partial charge in [-0.15, -0.1) is 5.10 Å². The number of hydrogen-bond acceptors (Lipinski definition) is 7. The van der Waals surface area contributed by atoms with Crippen LogP contribution < -0.4 is 10.1 Å². The smallest absolute Gasteiger partial charge is 0.245 e. The standard InChI is InChI=1S/C30H36FN7O/c1-17-8-7-9-23(20(17)4)25-18(2)14-24-27(26(25)31)34-30(39-19(3)16-37(5)6)28-29(24)38(36-35-28)22-11-13-33-21(15-22)10-12-32/h7-9,14,19,21-22,33H,10-11,13,15-16H2,1-6H3/t19-,21+,22-/m0/s1. The molecule has 3 atom stereocenters. The van der Waals surface area contributed by atoms with Gasteiger partial charge in [-0.3, -0.25) is 0 Å². The van der Waals surface area contributed by atoms with Crippen molar-refractivity contribution in [2.75, 3.05) is 27.2 Å². The van der Waals surface area contributed by atoms with Gasteiger partial charge in [0, 0.05) is 23.5 Å². The Morgan fingerprint density at radius 3 is 2.77 bits per heavy atom. The van der Waals surface area contributed by atoms with Crippen LogP contribution in [0.3, 0.4) is 0 Å². The Kier molecular flexibility index (Phi) is 7.52. The predicted octanol–water partition coefficient (Wildman–Crippen LogP) is 5.25. The molecule has 0 amide bonds. The zero-order valence-electron chi connectivity index (χ0n) is 23.5. The number of nitrogens with one attached hydrogen (secondary N) is 1. The molecule has 0 saturated carbocycles. The number of benzene rings is 2. The van der Waals surface area contributed by atoms with Gasteiger partial charge in [0.1, 0.15) is 17.1 Å². The topological polar surface area (TPSA) is 91.9 Å². The van der Waals surface area contributed by atoms with Gasteiger partial charge in [0.15, 0.2) is 11.3 Å². The van der Waals surface area contributed by atoms with Crippen molar-refractivity contribution in [2.45, 2.75) is 65.1 Å². The number of likely N-dealkylation sites (N-methyl/N-ethyl adjacent to an activating group) is 1. The molecule has 1 aliphatic heterocycles. The number of hydrogen-bond donors (Lipinski definition) is 1. The molecule has 9 heteroatoms. The van der Waals surface area contributed by atoms with Crippen molar-refractivity contribution in [3.63, 3.8) is 0 Å². The van der Waals surface area contributed by atoms with Crippen molar-refractivity contribution in [1.82, 2.24) is 30.2 Å². The van der Waals surface area contributed by atoms with E-state index in [1.807, 2.05) is 75.6 Å². The molecule has 1 N–H and O–H groups in total. The highest BCUT2D eigenvalue weighted by Crippen LogP contribution is 2.40. The molecule has 204 valence electrons. The molecule has 8 nitrogen and oxygen atoms in total. The minimum absolute atomic E-state index is 0.0225. The molecule has 0 aliphatic carbocycles. The molecule has 1 aliphatic rings. The Morgan fingerprint density at radius 1 is 1.23 bits per heavy atom. The molecule has 2 aromatic heterocycles. The molecule has 0 spiro atoms. The third kappa shape index (κ3) is 5.07. The Hall–Kier alpha value is -3.61. The van der Waals surface area contributed by atoms with Gasteiger partial charge in [-0.2, -0.15) is 5.26 Å². The van der Waals surface area contributed by atoms with E-state index in [0.717, 1.165) is 47.2 Å². The third-order valence-corrected chi connectivity index (χ3v) is 7.76. The number of rotatable bonds is 7. The van der Waals surface area contributed by atoms with Crippen molar-refractivity contribution < 1.29 is 9.13 Å².